The summed E-state index contributed by atoms with van der Waals surface area (Å²) in [5, 5.41) is 0. The fourth-order valence-electron chi connectivity index (χ4n) is 2.18. The average Bonchev–Trinajstić information content (AvgIpc) is 2.81. The predicted octanol–water partition coefficient (Wildman–Crippen LogP) is 2.21. The second-order valence-electron chi connectivity index (χ2n) is 4.55. The molecule has 1 aliphatic heterocycles. The molecule has 2 N–H and O–H groups in total. The second kappa shape index (κ2) is 5.65. The molecule has 0 amide bonds. The van der Waals surface area contributed by atoms with Gasteiger partial charge in [-0.3, -0.25) is 4.90 Å². The van der Waals surface area contributed by atoms with E-state index in [1.54, 1.807) is 7.11 Å². The summed E-state index contributed by atoms with van der Waals surface area (Å²) in [4.78, 5) is 2.41. The number of nitrogens with two attached hydrogens (primary N) is 1. The maximum absolute atomic E-state index is 5.86. The highest BCUT2D eigenvalue weighted by molar-refractivity contribution is 7.99. The molecule has 0 bridgehead atoms. The van der Waals surface area contributed by atoms with Gasteiger partial charge in [0.2, 0.25) is 0 Å². The lowest BCUT2D eigenvalue weighted by Crippen LogP contribution is -2.30. The topological polar surface area (TPSA) is 38.5 Å². The largest absolute Gasteiger partial charge is 0.497 e. The standard InChI is InChI=1S/C13H20N2OS/c1-15(12-3-4-17-9-12)8-10-5-11(14)7-13(6-10)16-2/h5-7,12H,3-4,8-9,14H2,1-2H3. The lowest BCUT2D eigenvalue weighted by atomic mass is 10.1. The molecule has 3 nitrogen and oxygen atoms in total. The summed E-state index contributed by atoms with van der Waals surface area (Å²) >= 11 is 2.04. The van der Waals surface area contributed by atoms with Crippen molar-refractivity contribution in [1.82, 2.24) is 4.90 Å². The van der Waals surface area contributed by atoms with E-state index in [0.717, 1.165) is 18.0 Å². The van der Waals surface area contributed by atoms with Crippen LogP contribution in [0.2, 0.25) is 0 Å². The van der Waals surface area contributed by atoms with Crippen LogP contribution >= 0.6 is 11.8 Å². The molecular weight excluding hydrogens is 232 g/mol. The van der Waals surface area contributed by atoms with E-state index in [1.807, 2.05) is 23.9 Å². The van der Waals surface area contributed by atoms with Gasteiger partial charge in [0.1, 0.15) is 5.75 Å². The molecule has 17 heavy (non-hydrogen) atoms. The van der Waals surface area contributed by atoms with Crippen molar-refractivity contribution in [3.8, 4) is 5.75 Å². The molecule has 94 valence electrons. The van der Waals surface area contributed by atoms with Crippen LogP contribution in [0.4, 0.5) is 5.69 Å². The molecule has 0 aliphatic carbocycles. The van der Waals surface area contributed by atoms with Crippen LogP contribution in [0.3, 0.4) is 0 Å². The van der Waals surface area contributed by atoms with Crippen molar-refractivity contribution < 1.29 is 4.74 Å². The number of hydrogen-bond donors (Lipinski definition) is 1. The second-order valence-corrected chi connectivity index (χ2v) is 5.70. The number of nitrogens with zero attached hydrogens (tertiary/aromatic N) is 1. The summed E-state index contributed by atoms with van der Waals surface area (Å²) in [5.74, 6) is 3.37. The molecule has 0 saturated carbocycles. The normalized spacial score (nSPS) is 19.8. The zero-order valence-electron chi connectivity index (χ0n) is 10.5. The summed E-state index contributed by atoms with van der Waals surface area (Å²) in [6, 6.07) is 6.65. The van der Waals surface area contributed by atoms with Crippen LogP contribution in [-0.2, 0) is 6.54 Å². The fourth-order valence-corrected chi connectivity index (χ4v) is 3.48. The van der Waals surface area contributed by atoms with Crippen molar-refractivity contribution in [1.29, 1.82) is 0 Å². The molecule has 0 radical (unpaired) electrons. The van der Waals surface area contributed by atoms with Crippen LogP contribution < -0.4 is 10.5 Å². The summed E-state index contributed by atoms with van der Waals surface area (Å²) in [6.07, 6.45) is 1.29. The van der Waals surface area contributed by atoms with E-state index >= 15 is 0 Å². The van der Waals surface area contributed by atoms with E-state index in [1.165, 1.54) is 23.5 Å². The zero-order chi connectivity index (χ0) is 12.3. The van der Waals surface area contributed by atoms with Crippen LogP contribution in [0.15, 0.2) is 18.2 Å². The van der Waals surface area contributed by atoms with Crippen molar-refractivity contribution in [2.45, 2.75) is 19.0 Å². The first kappa shape index (κ1) is 12.6. The van der Waals surface area contributed by atoms with E-state index in [-0.39, 0.29) is 0 Å². The number of benzene rings is 1. The number of rotatable bonds is 4. The highest BCUT2D eigenvalue weighted by Crippen LogP contribution is 2.24. The van der Waals surface area contributed by atoms with Gasteiger partial charge in [0.25, 0.3) is 0 Å². The molecule has 1 unspecified atom stereocenters. The van der Waals surface area contributed by atoms with E-state index in [2.05, 4.69) is 18.0 Å². The van der Waals surface area contributed by atoms with Gasteiger partial charge in [0, 0.05) is 30.1 Å². The Morgan fingerprint density at radius 2 is 2.29 bits per heavy atom. The molecule has 1 atom stereocenters. The monoisotopic (exact) mass is 252 g/mol. The van der Waals surface area contributed by atoms with Crippen LogP contribution in [0.25, 0.3) is 0 Å². The number of nitrogen functional groups attached to an aromatic ring is 1. The lowest BCUT2D eigenvalue weighted by Gasteiger charge is -2.23. The van der Waals surface area contributed by atoms with Gasteiger partial charge in [0.05, 0.1) is 7.11 Å². The minimum absolute atomic E-state index is 0.701. The summed E-state index contributed by atoms with van der Waals surface area (Å²) < 4.78 is 5.24. The van der Waals surface area contributed by atoms with Gasteiger partial charge in [0.15, 0.2) is 0 Å². The van der Waals surface area contributed by atoms with Crippen molar-refractivity contribution in [2.75, 3.05) is 31.4 Å². The molecule has 1 saturated heterocycles. The Hall–Kier alpha value is -0.870. The van der Waals surface area contributed by atoms with Crippen molar-refractivity contribution in [2.24, 2.45) is 0 Å². The minimum Gasteiger partial charge on any atom is -0.497 e. The third kappa shape index (κ3) is 3.30. The third-order valence-corrected chi connectivity index (χ3v) is 4.33. The molecule has 0 aromatic heterocycles. The Bertz CT molecular complexity index is 378. The molecular formula is C13H20N2OS. The molecule has 1 aliphatic rings. The highest BCUT2D eigenvalue weighted by atomic mass is 32.2. The van der Waals surface area contributed by atoms with E-state index < -0.39 is 0 Å². The molecule has 1 aromatic rings. The molecule has 4 heteroatoms. The van der Waals surface area contributed by atoms with Gasteiger partial charge in [-0.1, -0.05) is 0 Å². The molecule has 0 spiro atoms. The summed E-state index contributed by atoms with van der Waals surface area (Å²) in [7, 11) is 3.86. The Morgan fingerprint density at radius 3 is 2.94 bits per heavy atom. The summed E-state index contributed by atoms with van der Waals surface area (Å²) in [5.41, 5.74) is 7.86. The predicted molar refractivity (Wildman–Crippen MR) is 74.6 cm³/mol. The highest BCUT2D eigenvalue weighted by Gasteiger charge is 2.20. The summed E-state index contributed by atoms with van der Waals surface area (Å²) in [6.45, 7) is 0.937. The minimum atomic E-state index is 0.701. The quantitative estimate of drug-likeness (QED) is 0.834. The third-order valence-electron chi connectivity index (χ3n) is 3.19. The van der Waals surface area contributed by atoms with Gasteiger partial charge in [-0.05, 0) is 36.9 Å². The first-order valence-corrected chi connectivity index (χ1v) is 7.06. The number of hydrogen-bond acceptors (Lipinski definition) is 4. The van der Waals surface area contributed by atoms with Crippen molar-refractivity contribution in [3.05, 3.63) is 23.8 Å². The maximum Gasteiger partial charge on any atom is 0.121 e. The molecule has 2 rings (SSSR count). The number of ether oxygens (including phenoxy) is 1. The fraction of sp³-hybridized carbons (Fsp3) is 0.538. The lowest BCUT2D eigenvalue weighted by molar-refractivity contribution is 0.254. The van der Waals surface area contributed by atoms with Gasteiger partial charge < -0.3 is 10.5 Å². The molecule has 1 fully saturated rings. The Morgan fingerprint density at radius 1 is 1.47 bits per heavy atom. The van der Waals surface area contributed by atoms with Crippen LogP contribution in [-0.4, -0.2) is 36.6 Å². The maximum atomic E-state index is 5.86. The van der Waals surface area contributed by atoms with Crippen LogP contribution in [0, 0.1) is 0 Å². The smallest absolute Gasteiger partial charge is 0.121 e. The number of anilines is 1. The molecule has 1 aromatic carbocycles. The van der Waals surface area contributed by atoms with E-state index in [9.17, 15) is 0 Å². The number of methoxy groups -OCH3 is 1. The average molecular weight is 252 g/mol. The SMILES string of the molecule is COc1cc(N)cc(CN(C)C2CCSC2)c1. The van der Waals surface area contributed by atoms with Crippen molar-refractivity contribution >= 4 is 17.4 Å². The van der Waals surface area contributed by atoms with Gasteiger partial charge in [-0.2, -0.15) is 11.8 Å². The Labute approximate surface area is 107 Å². The Kier molecular flexibility index (Phi) is 4.18. The zero-order valence-corrected chi connectivity index (χ0v) is 11.3. The van der Waals surface area contributed by atoms with Crippen molar-refractivity contribution in [3.63, 3.8) is 0 Å². The first-order chi connectivity index (χ1) is 8.19. The molecule has 1 heterocycles. The van der Waals surface area contributed by atoms with Gasteiger partial charge in [-0.15, -0.1) is 0 Å². The first-order valence-electron chi connectivity index (χ1n) is 5.90. The van der Waals surface area contributed by atoms with E-state index in [0.29, 0.717) is 6.04 Å². The van der Waals surface area contributed by atoms with Gasteiger partial charge >= 0.3 is 0 Å². The van der Waals surface area contributed by atoms with Crippen LogP contribution in [0.1, 0.15) is 12.0 Å². The van der Waals surface area contributed by atoms with E-state index in [4.69, 9.17) is 10.5 Å². The van der Waals surface area contributed by atoms with Crippen LogP contribution in [0.5, 0.6) is 5.75 Å². The number of thioether (sulfide) groups is 1. The van der Waals surface area contributed by atoms with Gasteiger partial charge in [-0.25, -0.2) is 0 Å². The Balaban J connectivity index is 2.04.